The third-order valence-electron chi connectivity index (χ3n) is 2.83. The Morgan fingerprint density at radius 3 is 2.75 bits per heavy atom. The van der Waals surface area contributed by atoms with Gasteiger partial charge >= 0.3 is 0 Å². The van der Waals surface area contributed by atoms with E-state index in [0.717, 1.165) is 37.4 Å². The first kappa shape index (κ1) is 16.6. The molecule has 0 aromatic heterocycles. The van der Waals surface area contributed by atoms with Crippen LogP contribution in [0.15, 0.2) is 18.2 Å². The Labute approximate surface area is 121 Å². The van der Waals surface area contributed by atoms with Crippen molar-refractivity contribution >= 4 is 11.4 Å². The fraction of sp³-hybridized carbons (Fsp3) is 0.600. The number of nitrogens with one attached hydrogen (secondary N) is 1. The van der Waals surface area contributed by atoms with Crippen LogP contribution >= 0.6 is 0 Å². The van der Waals surface area contributed by atoms with Crippen LogP contribution in [0.1, 0.15) is 19.8 Å². The van der Waals surface area contributed by atoms with E-state index in [0.29, 0.717) is 25.5 Å². The van der Waals surface area contributed by atoms with Crippen LogP contribution in [0.5, 0.6) is 5.75 Å². The average Bonchev–Trinajstić information content (AvgIpc) is 2.45. The maximum Gasteiger partial charge on any atom is 0.144 e. The average molecular weight is 282 g/mol. The van der Waals surface area contributed by atoms with Crippen LogP contribution in [0.25, 0.3) is 0 Å². The monoisotopic (exact) mass is 282 g/mol. The van der Waals surface area contributed by atoms with Gasteiger partial charge in [-0.25, -0.2) is 0 Å². The second kappa shape index (κ2) is 10.3. The number of hydrogen-bond acceptors (Lipinski definition) is 5. The quantitative estimate of drug-likeness (QED) is 0.482. The van der Waals surface area contributed by atoms with E-state index in [9.17, 15) is 0 Å². The van der Waals surface area contributed by atoms with Crippen molar-refractivity contribution in [2.24, 2.45) is 0 Å². The van der Waals surface area contributed by atoms with Crippen molar-refractivity contribution in [3.05, 3.63) is 18.2 Å². The SMILES string of the molecule is CCOc1cccc(NCCCCOCCOC)c1N. The fourth-order valence-electron chi connectivity index (χ4n) is 1.78. The van der Waals surface area contributed by atoms with E-state index in [4.69, 9.17) is 19.9 Å². The number of unbranched alkanes of at least 4 members (excludes halogenated alkanes) is 1. The van der Waals surface area contributed by atoms with Gasteiger partial charge in [-0.15, -0.1) is 0 Å². The molecular formula is C15H26N2O3. The van der Waals surface area contributed by atoms with Crippen LogP contribution in [-0.2, 0) is 9.47 Å². The molecule has 1 rings (SSSR count). The second-order valence-corrected chi connectivity index (χ2v) is 4.39. The number of para-hydroxylation sites is 1. The summed E-state index contributed by atoms with van der Waals surface area (Å²) >= 11 is 0. The first-order valence-corrected chi connectivity index (χ1v) is 7.11. The van der Waals surface area contributed by atoms with E-state index < -0.39 is 0 Å². The Morgan fingerprint density at radius 1 is 1.15 bits per heavy atom. The van der Waals surface area contributed by atoms with E-state index in [1.165, 1.54) is 0 Å². The molecule has 0 unspecified atom stereocenters. The standard InChI is InChI=1S/C15H26N2O3/c1-3-20-14-8-6-7-13(15(14)16)17-9-4-5-10-19-12-11-18-2/h6-8,17H,3-5,9-12,16H2,1-2H3. The zero-order valence-electron chi connectivity index (χ0n) is 12.5. The Bertz CT molecular complexity index is 372. The third-order valence-corrected chi connectivity index (χ3v) is 2.83. The first-order chi connectivity index (χ1) is 9.79. The predicted octanol–water partition coefficient (Wildman–Crippen LogP) is 2.52. The van der Waals surface area contributed by atoms with Crippen LogP contribution < -0.4 is 15.8 Å². The molecule has 5 heteroatoms. The Hall–Kier alpha value is -1.46. The lowest BCUT2D eigenvalue weighted by Crippen LogP contribution is -2.08. The lowest BCUT2D eigenvalue weighted by molar-refractivity contribution is 0.0691. The molecule has 0 radical (unpaired) electrons. The summed E-state index contributed by atoms with van der Waals surface area (Å²) in [5, 5.41) is 3.33. The molecular weight excluding hydrogens is 256 g/mol. The molecule has 0 spiro atoms. The van der Waals surface area contributed by atoms with Crippen molar-refractivity contribution < 1.29 is 14.2 Å². The summed E-state index contributed by atoms with van der Waals surface area (Å²) in [6.07, 6.45) is 2.05. The minimum atomic E-state index is 0.618. The fourth-order valence-corrected chi connectivity index (χ4v) is 1.78. The van der Waals surface area contributed by atoms with Crippen LogP contribution in [0.4, 0.5) is 11.4 Å². The number of ether oxygens (including phenoxy) is 3. The molecule has 0 saturated heterocycles. The summed E-state index contributed by atoms with van der Waals surface area (Å²) < 4.78 is 15.8. The minimum Gasteiger partial charge on any atom is -0.492 e. The van der Waals surface area contributed by atoms with Crippen molar-refractivity contribution in [1.29, 1.82) is 0 Å². The highest BCUT2D eigenvalue weighted by molar-refractivity contribution is 5.72. The van der Waals surface area contributed by atoms with Gasteiger partial charge in [0.1, 0.15) is 5.75 Å². The van der Waals surface area contributed by atoms with E-state index in [2.05, 4.69) is 5.32 Å². The van der Waals surface area contributed by atoms with Gasteiger partial charge in [0, 0.05) is 20.3 Å². The normalized spacial score (nSPS) is 10.5. The number of benzene rings is 1. The lowest BCUT2D eigenvalue weighted by Gasteiger charge is -2.13. The number of methoxy groups -OCH3 is 1. The largest absolute Gasteiger partial charge is 0.492 e. The molecule has 114 valence electrons. The molecule has 1 aromatic rings. The minimum absolute atomic E-state index is 0.618. The number of nitrogen functional groups attached to an aromatic ring is 1. The number of rotatable bonds is 11. The summed E-state index contributed by atoms with van der Waals surface area (Å²) in [5.74, 6) is 0.736. The van der Waals surface area contributed by atoms with Gasteiger partial charge in [0.05, 0.1) is 31.2 Å². The van der Waals surface area contributed by atoms with Gasteiger partial charge in [0.15, 0.2) is 0 Å². The smallest absolute Gasteiger partial charge is 0.144 e. The van der Waals surface area contributed by atoms with Gasteiger partial charge in [-0.05, 0) is 31.9 Å². The molecule has 1 aromatic carbocycles. The molecule has 0 atom stereocenters. The highest BCUT2D eigenvalue weighted by Crippen LogP contribution is 2.29. The summed E-state index contributed by atoms with van der Waals surface area (Å²) in [4.78, 5) is 0. The molecule has 0 heterocycles. The van der Waals surface area contributed by atoms with Crippen molar-refractivity contribution in [1.82, 2.24) is 0 Å². The van der Waals surface area contributed by atoms with Gasteiger partial charge in [-0.2, -0.15) is 0 Å². The van der Waals surface area contributed by atoms with E-state index in [1.54, 1.807) is 7.11 Å². The summed E-state index contributed by atoms with van der Waals surface area (Å²) in [5.41, 5.74) is 7.64. The van der Waals surface area contributed by atoms with Crippen LogP contribution in [0.2, 0.25) is 0 Å². The number of anilines is 2. The van der Waals surface area contributed by atoms with Crippen LogP contribution in [0, 0.1) is 0 Å². The summed E-state index contributed by atoms with van der Waals surface area (Å²) in [6.45, 7) is 5.51. The maximum absolute atomic E-state index is 6.04. The molecule has 0 amide bonds. The number of hydrogen-bond donors (Lipinski definition) is 2. The maximum atomic E-state index is 6.04. The Morgan fingerprint density at radius 2 is 2.00 bits per heavy atom. The zero-order chi connectivity index (χ0) is 14.6. The molecule has 0 aliphatic rings. The molecule has 3 N–H and O–H groups in total. The predicted molar refractivity (Wildman–Crippen MR) is 82.4 cm³/mol. The second-order valence-electron chi connectivity index (χ2n) is 4.39. The third kappa shape index (κ3) is 6.12. The van der Waals surface area contributed by atoms with Crippen molar-refractivity contribution in [3.8, 4) is 5.75 Å². The van der Waals surface area contributed by atoms with Gasteiger partial charge < -0.3 is 25.3 Å². The van der Waals surface area contributed by atoms with Crippen molar-refractivity contribution in [2.75, 3.05) is 51.1 Å². The van der Waals surface area contributed by atoms with Crippen LogP contribution in [0.3, 0.4) is 0 Å². The summed E-state index contributed by atoms with van der Waals surface area (Å²) in [7, 11) is 1.67. The molecule has 20 heavy (non-hydrogen) atoms. The van der Waals surface area contributed by atoms with Gasteiger partial charge in [0.25, 0.3) is 0 Å². The highest BCUT2D eigenvalue weighted by atomic mass is 16.5. The lowest BCUT2D eigenvalue weighted by atomic mass is 10.2. The van der Waals surface area contributed by atoms with E-state index in [-0.39, 0.29) is 0 Å². The van der Waals surface area contributed by atoms with Crippen molar-refractivity contribution in [2.45, 2.75) is 19.8 Å². The Balaban J connectivity index is 2.20. The first-order valence-electron chi connectivity index (χ1n) is 7.11. The van der Waals surface area contributed by atoms with Gasteiger partial charge in [-0.3, -0.25) is 0 Å². The van der Waals surface area contributed by atoms with Crippen LogP contribution in [-0.4, -0.2) is 40.1 Å². The van der Waals surface area contributed by atoms with Gasteiger partial charge in [0.2, 0.25) is 0 Å². The van der Waals surface area contributed by atoms with Crippen molar-refractivity contribution in [3.63, 3.8) is 0 Å². The van der Waals surface area contributed by atoms with E-state index >= 15 is 0 Å². The molecule has 5 nitrogen and oxygen atoms in total. The van der Waals surface area contributed by atoms with Gasteiger partial charge in [-0.1, -0.05) is 6.07 Å². The molecule has 0 bridgehead atoms. The number of nitrogens with two attached hydrogens (primary N) is 1. The topological polar surface area (TPSA) is 65.7 Å². The molecule has 0 saturated carbocycles. The summed E-state index contributed by atoms with van der Waals surface area (Å²) in [6, 6.07) is 5.79. The molecule has 0 aliphatic carbocycles. The zero-order valence-corrected chi connectivity index (χ0v) is 12.5. The Kier molecular flexibility index (Phi) is 8.58. The highest BCUT2D eigenvalue weighted by Gasteiger charge is 2.04. The van der Waals surface area contributed by atoms with E-state index in [1.807, 2.05) is 25.1 Å². The molecule has 0 fully saturated rings. The molecule has 0 aliphatic heterocycles.